The van der Waals surface area contributed by atoms with Gasteiger partial charge in [0.05, 0.1) is 6.04 Å². The maximum Gasteiger partial charge on any atom is 0.115 e. The molecular formula is C17H22N2O. The van der Waals surface area contributed by atoms with Crippen molar-refractivity contribution in [3.05, 3.63) is 65.7 Å². The van der Waals surface area contributed by atoms with Gasteiger partial charge in [-0.1, -0.05) is 42.5 Å². The van der Waals surface area contributed by atoms with E-state index in [1.807, 2.05) is 18.2 Å². The number of phenols is 1. The highest BCUT2D eigenvalue weighted by molar-refractivity contribution is 5.35. The van der Waals surface area contributed by atoms with Gasteiger partial charge in [0.2, 0.25) is 0 Å². The highest BCUT2D eigenvalue weighted by Gasteiger charge is 2.18. The SMILES string of the molecule is CN(CCCN)C(c1ccccc1)c1ccc(O)cc1. The summed E-state index contributed by atoms with van der Waals surface area (Å²) in [6, 6.07) is 18.0. The van der Waals surface area contributed by atoms with Gasteiger partial charge in [0.15, 0.2) is 0 Å². The molecule has 0 heterocycles. The van der Waals surface area contributed by atoms with Crippen LogP contribution in [0.4, 0.5) is 0 Å². The average molecular weight is 270 g/mol. The highest BCUT2D eigenvalue weighted by Crippen LogP contribution is 2.28. The number of benzene rings is 2. The molecule has 0 bridgehead atoms. The Bertz CT molecular complexity index is 510. The van der Waals surface area contributed by atoms with Gasteiger partial charge in [-0.05, 0) is 49.8 Å². The molecule has 0 aromatic heterocycles. The normalized spacial score (nSPS) is 12.6. The zero-order valence-corrected chi connectivity index (χ0v) is 11.9. The Labute approximate surface area is 120 Å². The monoisotopic (exact) mass is 270 g/mol. The van der Waals surface area contributed by atoms with E-state index in [0.717, 1.165) is 13.0 Å². The average Bonchev–Trinajstić information content (AvgIpc) is 2.48. The second-order valence-corrected chi connectivity index (χ2v) is 5.03. The Morgan fingerprint density at radius 1 is 1.00 bits per heavy atom. The summed E-state index contributed by atoms with van der Waals surface area (Å²) in [5.74, 6) is 0.296. The van der Waals surface area contributed by atoms with Gasteiger partial charge < -0.3 is 10.8 Å². The first-order valence-corrected chi connectivity index (χ1v) is 6.96. The van der Waals surface area contributed by atoms with Crippen LogP contribution in [0.2, 0.25) is 0 Å². The lowest BCUT2D eigenvalue weighted by Gasteiger charge is -2.29. The third-order valence-electron chi connectivity index (χ3n) is 3.48. The minimum atomic E-state index is 0.184. The lowest BCUT2D eigenvalue weighted by Crippen LogP contribution is -2.27. The number of nitrogens with zero attached hydrogens (tertiary/aromatic N) is 1. The van der Waals surface area contributed by atoms with Crippen LogP contribution in [-0.4, -0.2) is 30.1 Å². The molecule has 2 rings (SSSR count). The predicted octanol–water partition coefficient (Wildman–Crippen LogP) is 2.76. The van der Waals surface area contributed by atoms with Crippen molar-refractivity contribution in [2.45, 2.75) is 12.5 Å². The van der Waals surface area contributed by atoms with Gasteiger partial charge in [-0.15, -0.1) is 0 Å². The van der Waals surface area contributed by atoms with Crippen LogP contribution in [-0.2, 0) is 0 Å². The van der Waals surface area contributed by atoms with Crippen molar-refractivity contribution < 1.29 is 5.11 Å². The quantitative estimate of drug-likeness (QED) is 0.848. The van der Waals surface area contributed by atoms with Crippen LogP contribution < -0.4 is 5.73 Å². The lowest BCUT2D eigenvalue weighted by atomic mass is 9.97. The Kier molecular flexibility index (Phi) is 5.16. The molecule has 1 unspecified atom stereocenters. The van der Waals surface area contributed by atoms with Gasteiger partial charge in [-0.2, -0.15) is 0 Å². The van der Waals surface area contributed by atoms with Gasteiger partial charge in [0.25, 0.3) is 0 Å². The van der Waals surface area contributed by atoms with Crippen LogP contribution in [0.25, 0.3) is 0 Å². The van der Waals surface area contributed by atoms with Gasteiger partial charge in [-0.3, -0.25) is 4.90 Å². The zero-order valence-electron chi connectivity index (χ0n) is 11.9. The van der Waals surface area contributed by atoms with E-state index in [4.69, 9.17) is 5.73 Å². The molecule has 0 aliphatic rings. The summed E-state index contributed by atoms with van der Waals surface area (Å²) in [5, 5.41) is 9.46. The summed E-state index contributed by atoms with van der Waals surface area (Å²) in [5.41, 5.74) is 8.04. The Hall–Kier alpha value is -1.84. The van der Waals surface area contributed by atoms with Crippen molar-refractivity contribution in [3.63, 3.8) is 0 Å². The summed E-state index contributed by atoms with van der Waals surface area (Å²) in [4.78, 5) is 2.30. The molecule has 2 aromatic carbocycles. The summed E-state index contributed by atoms with van der Waals surface area (Å²) in [6.45, 7) is 1.64. The number of rotatable bonds is 6. The third kappa shape index (κ3) is 3.59. The molecule has 1 atom stereocenters. The van der Waals surface area contributed by atoms with Crippen LogP contribution in [0.5, 0.6) is 5.75 Å². The van der Waals surface area contributed by atoms with Crippen molar-refractivity contribution in [2.24, 2.45) is 5.73 Å². The number of hydrogen-bond acceptors (Lipinski definition) is 3. The summed E-state index contributed by atoms with van der Waals surface area (Å²) < 4.78 is 0. The Balaban J connectivity index is 2.31. The fourth-order valence-electron chi connectivity index (χ4n) is 2.46. The number of nitrogens with two attached hydrogens (primary N) is 1. The molecule has 0 aliphatic carbocycles. The maximum absolute atomic E-state index is 9.46. The van der Waals surface area contributed by atoms with E-state index >= 15 is 0 Å². The molecular weight excluding hydrogens is 248 g/mol. The van der Waals surface area contributed by atoms with Crippen LogP contribution in [0.3, 0.4) is 0 Å². The van der Waals surface area contributed by atoms with Crippen molar-refractivity contribution in [2.75, 3.05) is 20.1 Å². The second-order valence-electron chi connectivity index (χ2n) is 5.03. The van der Waals surface area contributed by atoms with E-state index in [2.05, 4.69) is 36.2 Å². The molecule has 0 saturated heterocycles. The van der Waals surface area contributed by atoms with E-state index in [1.54, 1.807) is 12.1 Å². The van der Waals surface area contributed by atoms with E-state index in [-0.39, 0.29) is 6.04 Å². The number of phenolic OH excluding ortho intramolecular Hbond substituents is 1. The largest absolute Gasteiger partial charge is 0.508 e. The van der Waals surface area contributed by atoms with Crippen LogP contribution in [0.1, 0.15) is 23.6 Å². The van der Waals surface area contributed by atoms with Crippen LogP contribution >= 0.6 is 0 Å². The molecule has 0 radical (unpaired) electrons. The summed E-state index contributed by atoms with van der Waals surface area (Å²) in [7, 11) is 2.11. The summed E-state index contributed by atoms with van der Waals surface area (Å²) >= 11 is 0. The molecule has 2 aromatic rings. The van der Waals surface area contributed by atoms with Crippen LogP contribution in [0.15, 0.2) is 54.6 Å². The van der Waals surface area contributed by atoms with E-state index < -0.39 is 0 Å². The van der Waals surface area contributed by atoms with E-state index in [0.29, 0.717) is 12.3 Å². The molecule has 3 heteroatoms. The van der Waals surface area contributed by atoms with Crippen molar-refractivity contribution in [1.82, 2.24) is 4.90 Å². The van der Waals surface area contributed by atoms with Gasteiger partial charge in [-0.25, -0.2) is 0 Å². The van der Waals surface area contributed by atoms with Gasteiger partial charge >= 0.3 is 0 Å². The fourth-order valence-corrected chi connectivity index (χ4v) is 2.46. The molecule has 106 valence electrons. The fraction of sp³-hybridized carbons (Fsp3) is 0.294. The smallest absolute Gasteiger partial charge is 0.115 e. The topological polar surface area (TPSA) is 49.5 Å². The minimum Gasteiger partial charge on any atom is -0.508 e. The Morgan fingerprint density at radius 3 is 2.20 bits per heavy atom. The Morgan fingerprint density at radius 2 is 1.60 bits per heavy atom. The van der Waals surface area contributed by atoms with Crippen molar-refractivity contribution in [1.29, 1.82) is 0 Å². The molecule has 0 amide bonds. The second kappa shape index (κ2) is 7.08. The first kappa shape index (κ1) is 14.6. The van der Waals surface area contributed by atoms with E-state index in [9.17, 15) is 5.11 Å². The zero-order chi connectivity index (χ0) is 14.4. The molecule has 0 aliphatic heterocycles. The molecule has 0 spiro atoms. The van der Waals surface area contributed by atoms with Crippen molar-refractivity contribution >= 4 is 0 Å². The number of aromatic hydroxyl groups is 1. The first-order chi connectivity index (χ1) is 9.72. The van der Waals surface area contributed by atoms with Crippen molar-refractivity contribution in [3.8, 4) is 5.75 Å². The standard InChI is InChI=1S/C17H22N2O/c1-19(13-5-12-18)17(14-6-3-2-4-7-14)15-8-10-16(20)11-9-15/h2-4,6-11,17,20H,5,12-13,18H2,1H3. The highest BCUT2D eigenvalue weighted by atomic mass is 16.3. The molecule has 3 N–H and O–H groups in total. The molecule has 20 heavy (non-hydrogen) atoms. The predicted molar refractivity (Wildman–Crippen MR) is 82.7 cm³/mol. The lowest BCUT2D eigenvalue weighted by molar-refractivity contribution is 0.277. The van der Waals surface area contributed by atoms with Gasteiger partial charge in [0.1, 0.15) is 5.75 Å². The minimum absolute atomic E-state index is 0.184. The molecule has 0 saturated carbocycles. The van der Waals surface area contributed by atoms with Crippen LogP contribution in [0, 0.1) is 0 Å². The molecule has 3 nitrogen and oxygen atoms in total. The third-order valence-corrected chi connectivity index (χ3v) is 3.48. The summed E-state index contributed by atoms with van der Waals surface area (Å²) in [6.07, 6.45) is 0.970. The van der Waals surface area contributed by atoms with Gasteiger partial charge in [0, 0.05) is 0 Å². The van der Waals surface area contributed by atoms with E-state index in [1.165, 1.54) is 11.1 Å². The molecule has 0 fully saturated rings. The maximum atomic E-state index is 9.46. The number of hydrogen-bond donors (Lipinski definition) is 2. The first-order valence-electron chi connectivity index (χ1n) is 6.96.